The third-order valence-electron chi connectivity index (χ3n) is 4.72. The van der Waals surface area contributed by atoms with Crippen LogP contribution in [0.2, 0.25) is 0 Å². The topological polar surface area (TPSA) is 31.0 Å². The summed E-state index contributed by atoms with van der Waals surface area (Å²) in [7, 11) is 0. The van der Waals surface area contributed by atoms with Crippen molar-refractivity contribution in [3.8, 4) is 11.5 Å². The minimum absolute atomic E-state index is 0.526. The number of rotatable bonds is 4. The number of para-hydroxylation sites is 1. The van der Waals surface area contributed by atoms with E-state index in [-0.39, 0.29) is 0 Å². The van der Waals surface area contributed by atoms with Gasteiger partial charge in [0.2, 0.25) is 5.89 Å². The third-order valence-corrected chi connectivity index (χ3v) is 4.72. The van der Waals surface area contributed by atoms with Crippen molar-refractivity contribution in [3.05, 3.63) is 77.8 Å². The van der Waals surface area contributed by atoms with Crippen LogP contribution in [0.4, 0.5) is 0 Å². The molecule has 3 nitrogen and oxygen atoms in total. The molecule has 4 rings (SSSR count). The molecule has 0 atom stereocenters. The van der Waals surface area contributed by atoms with Gasteiger partial charge in [0, 0.05) is 17.3 Å². The normalized spacial score (nSPS) is 11.5. The van der Waals surface area contributed by atoms with Crippen LogP contribution in [-0.2, 0) is 6.54 Å². The molecule has 0 amide bonds. The molecule has 126 valence electrons. The van der Waals surface area contributed by atoms with Crippen LogP contribution in [0, 0.1) is 6.92 Å². The Kier molecular flexibility index (Phi) is 3.92. The molecular weight excluding hydrogens is 308 g/mol. The van der Waals surface area contributed by atoms with Crippen LogP contribution in [0.3, 0.4) is 0 Å². The fraction of sp³-hybridized carbons (Fsp3) is 0.227. The number of aryl methyl sites for hydroxylation is 1. The van der Waals surface area contributed by atoms with Crippen molar-refractivity contribution in [3.63, 3.8) is 0 Å². The summed E-state index contributed by atoms with van der Waals surface area (Å²) in [5, 5.41) is 1.24. The summed E-state index contributed by atoms with van der Waals surface area (Å²) in [4.78, 5) is 4.75. The van der Waals surface area contributed by atoms with Crippen molar-refractivity contribution < 1.29 is 4.42 Å². The zero-order chi connectivity index (χ0) is 17.4. The van der Waals surface area contributed by atoms with Crippen LogP contribution < -0.4 is 0 Å². The van der Waals surface area contributed by atoms with Crippen LogP contribution >= 0.6 is 0 Å². The Morgan fingerprint density at radius 3 is 2.52 bits per heavy atom. The number of aromatic nitrogens is 2. The summed E-state index contributed by atoms with van der Waals surface area (Å²) in [6.07, 6.45) is 2.11. The lowest BCUT2D eigenvalue weighted by atomic mass is 10.0. The summed E-state index contributed by atoms with van der Waals surface area (Å²) in [6, 6.07) is 19.0. The molecule has 0 radical (unpaired) electrons. The van der Waals surface area contributed by atoms with Crippen molar-refractivity contribution in [2.75, 3.05) is 0 Å². The van der Waals surface area contributed by atoms with Gasteiger partial charge >= 0.3 is 0 Å². The quantitative estimate of drug-likeness (QED) is 0.475. The molecule has 0 aliphatic carbocycles. The van der Waals surface area contributed by atoms with Gasteiger partial charge in [-0.2, -0.15) is 0 Å². The minimum atomic E-state index is 0.526. The number of oxazole rings is 1. The Hall–Kier alpha value is -2.81. The van der Waals surface area contributed by atoms with E-state index >= 15 is 0 Å². The molecular formula is C22H22N2O. The summed E-state index contributed by atoms with van der Waals surface area (Å²) >= 11 is 0. The zero-order valence-corrected chi connectivity index (χ0v) is 14.9. The molecule has 0 N–H and O–H groups in total. The van der Waals surface area contributed by atoms with E-state index < -0.39 is 0 Å². The summed E-state index contributed by atoms with van der Waals surface area (Å²) < 4.78 is 8.15. The fourth-order valence-electron chi connectivity index (χ4n) is 3.15. The fourth-order valence-corrected chi connectivity index (χ4v) is 3.15. The summed E-state index contributed by atoms with van der Waals surface area (Å²) in [5.41, 5.74) is 4.54. The van der Waals surface area contributed by atoms with E-state index in [1.165, 1.54) is 16.5 Å². The second kappa shape index (κ2) is 6.25. The lowest BCUT2D eigenvalue weighted by Crippen LogP contribution is -1.99. The highest BCUT2D eigenvalue weighted by atomic mass is 16.4. The Morgan fingerprint density at radius 2 is 1.76 bits per heavy atom. The van der Waals surface area contributed by atoms with Gasteiger partial charge in [0.25, 0.3) is 0 Å². The maximum Gasteiger partial charge on any atom is 0.226 e. The van der Waals surface area contributed by atoms with Gasteiger partial charge in [0.05, 0.1) is 6.54 Å². The van der Waals surface area contributed by atoms with Crippen molar-refractivity contribution in [1.82, 2.24) is 9.55 Å². The van der Waals surface area contributed by atoms with Gasteiger partial charge in [0.15, 0.2) is 0 Å². The molecule has 25 heavy (non-hydrogen) atoms. The Balaban J connectivity index is 1.64. The van der Waals surface area contributed by atoms with Crippen molar-refractivity contribution in [2.24, 2.45) is 0 Å². The smallest absolute Gasteiger partial charge is 0.226 e. The first-order valence-electron chi connectivity index (χ1n) is 8.72. The van der Waals surface area contributed by atoms with E-state index in [0.717, 1.165) is 17.0 Å². The van der Waals surface area contributed by atoms with E-state index in [4.69, 9.17) is 9.40 Å². The standard InChI is InChI=1S/C22H22N2O/c1-15(2)17-8-10-19(11-9-17)22-23-20(16(3)25-22)14-24-13-12-18-6-4-5-7-21(18)24/h4-13,15H,14H2,1-3H3. The van der Waals surface area contributed by atoms with Gasteiger partial charge in [-0.05, 0) is 48.1 Å². The van der Waals surface area contributed by atoms with Crippen LogP contribution in [0.5, 0.6) is 0 Å². The second-order valence-corrected chi connectivity index (χ2v) is 6.80. The maximum atomic E-state index is 5.94. The largest absolute Gasteiger partial charge is 0.441 e. The average molecular weight is 330 g/mol. The molecule has 2 heterocycles. The monoisotopic (exact) mass is 330 g/mol. The van der Waals surface area contributed by atoms with Crippen LogP contribution in [0.15, 0.2) is 65.2 Å². The van der Waals surface area contributed by atoms with Gasteiger partial charge in [-0.15, -0.1) is 0 Å². The number of hydrogen-bond acceptors (Lipinski definition) is 2. The highest BCUT2D eigenvalue weighted by Gasteiger charge is 2.13. The maximum absolute atomic E-state index is 5.94. The van der Waals surface area contributed by atoms with Gasteiger partial charge in [-0.1, -0.05) is 44.2 Å². The first kappa shape index (κ1) is 15.7. The third kappa shape index (κ3) is 2.98. The molecule has 0 fully saturated rings. The first-order chi connectivity index (χ1) is 12.1. The van der Waals surface area contributed by atoms with E-state index in [1.54, 1.807) is 0 Å². The Labute approximate surface area is 147 Å². The van der Waals surface area contributed by atoms with Gasteiger partial charge in [-0.3, -0.25) is 0 Å². The SMILES string of the molecule is Cc1oc(-c2ccc(C(C)C)cc2)nc1Cn1ccc2ccccc21. The lowest BCUT2D eigenvalue weighted by Gasteiger charge is -2.04. The van der Waals surface area contributed by atoms with E-state index in [1.807, 2.05) is 6.92 Å². The number of fused-ring (bicyclic) bond motifs is 1. The number of hydrogen-bond donors (Lipinski definition) is 0. The molecule has 0 aliphatic heterocycles. The molecule has 0 saturated heterocycles. The number of benzene rings is 2. The van der Waals surface area contributed by atoms with Crippen molar-refractivity contribution in [2.45, 2.75) is 33.2 Å². The average Bonchev–Trinajstić information content (AvgIpc) is 3.20. The number of nitrogens with zero attached hydrogens (tertiary/aromatic N) is 2. The molecule has 2 aromatic carbocycles. The molecule has 0 saturated carbocycles. The predicted octanol–water partition coefficient (Wildman–Crippen LogP) is 5.78. The van der Waals surface area contributed by atoms with Crippen molar-refractivity contribution >= 4 is 10.9 Å². The van der Waals surface area contributed by atoms with E-state index in [2.05, 4.69) is 79.2 Å². The van der Waals surface area contributed by atoms with E-state index in [0.29, 0.717) is 18.4 Å². The van der Waals surface area contributed by atoms with Gasteiger partial charge < -0.3 is 8.98 Å². The molecule has 4 aromatic rings. The summed E-state index contributed by atoms with van der Waals surface area (Å²) in [5.74, 6) is 2.10. The zero-order valence-electron chi connectivity index (χ0n) is 14.9. The molecule has 0 spiro atoms. The van der Waals surface area contributed by atoms with Gasteiger partial charge in [-0.25, -0.2) is 4.98 Å². The van der Waals surface area contributed by atoms with E-state index in [9.17, 15) is 0 Å². The minimum Gasteiger partial charge on any atom is -0.441 e. The van der Waals surface area contributed by atoms with Crippen LogP contribution in [0.25, 0.3) is 22.4 Å². The Bertz CT molecular complexity index is 1010. The lowest BCUT2D eigenvalue weighted by molar-refractivity contribution is 0.538. The molecule has 0 unspecified atom stereocenters. The van der Waals surface area contributed by atoms with Crippen molar-refractivity contribution in [1.29, 1.82) is 0 Å². The molecule has 3 heteroatoms. The first-order valence-corrected chi connectivity index (χ1v) is 8.72. The summed E-state index contributed by atoms with van der Waals surface area (Å²) in [6.45, 7) is 7.10. The molecule has 0 aliphatic rings. The van der Waals surface area contributed by atoms with Crippen LogP contribution in [-0.4, -0.2) is 9.55 Å². The van der Waals surface area contributed by atoms with Gasteiger partial charge in [0.1, 0.15) is 11.5 Å². The highest BCUT2D eigenvalue weighted by Crippen LogP contribution is 2.25. The predicted molar refractivity (Wildman–Crippen MR) is 102 cm³/mol. The highest BCUT2D eigenvalue weighted by molar-refractivity contribution is 5.80. The second-order valence-electron chi connectivity index (χ2n) is 6.80. The molecule has 0 bridgehead atoms. The van der Waals surface area contributed by atoms with Crippen LogP contribution in [0.1, 0.15) is 36.8 Å². The Morgan fingerprint density at radius 1 is 1.00 bits per heavy atom. The molecule has 2 aromatic heterocycles.